The number of pyridine rings is 1. The first-order valence-electron chi connectivity index (χ1n) is 11.5. The molecule has 33 heavy (non-hydrogen) atoms. The first kappa shape index (κ1) is 20.8. The van der Waals surface area contributed by atoms with E-state index < -0.39 is 6.61 Å². The highest BCUT2D eigenvalue weighted by molar-refractivity contribution is 5.68. The summed E-state index contributed by atoms with van der Waals surface area (Å²) >= 11 is 0. The molecule has 4 saturated heterocycles. The van der Waals surface area contributed by atoms with Crippen molar-refractivity contribution in [1.29, 1.82) is 0 Å². The molecule has 6 heterocycles. The second kappa shape index (κ2) is 8.21. The van der Waals surface area contributed by atoms with E-state index in [1.807, 2.05) is 6.07 Å². The number of hydrogen-bond acceptors (Lipinski definition) is 9. The molecule has 176 valence electrons. The average molecular weight is 460 g/mol. The Labute approximate surface area is 190 Å². The molecule has 0 unspecified atom stereocenters. The fourth-order valence-corrected chi connectivity index (χ4v) is 5.24. The number of hydrogen-bond donors (Lipinski definition) is 1. The van der Waals surface area contributed by atoms with E-state index in [4.69, 9.17) is 20.4 Å². The third-order valence-corrected chi connectivity index (χ3v) is 7.21. The standard InChI is InChI=1S/C22H27F2N7O2/c23-21(24)33-18-7-14(9-26-20(18)25)17-8-19(28-22(27-17)31-10-13-5-15(31)6-13)30-11-16(12-30)29-1-3-32-4-2-29/h7-9,13,15-16,21H,1-6,10-12H2,(H2,25,26). The van der Waals surface area contributed by atoms with Crippen LogP contribution in [0.2, 0.25) is 0 Å². The van der Waals surface area contributed by atoms with Crippen LogP contribution in [0.15, 0.2) is 18.3 Å². The molecule has 5 aliphatic rings. The van der Waals surface area contributed by atoms with Crippen molar-refractivity contribution in [1.82, 2.24) is 19.9 Å². The number of ether oxygens (including phenoxy) is 2. The van der Waals surface area contributed by atoms with Gasteiger partial charge in [0.1, 0.15) is 5.82 Å². The number of anilines is 3. The summed E-state index contributed by atoms with van der Waals surface area (Å²) in [5, 5.41) is 0. The average Bonchev–Trinajstić information content (AvgIpc) is 3.36. The first-order chi connectivity index (χ1) is 16.0. The molecule has 2 aromatic heterocycles. The number of nitrogen functional groups attached to an aromatic ring is 1. The summed E-state index contributed by atoms with van der Waals surface area (Å²) in [7, 11) is 0. The van der Waals surface area contributed by atoms with E-state index in [9.17, 15) is 8.78 Å². The van der Waals surface area contributed by atoms with Gasteiger partial charge in [0.25, 0.3) is 0 Å². The van der Waals surface area contributed by atoms with E-state index >= 15 is 0 Å². The number of aromatic nitrogens is 3. The van der Waals surface area contributed by atoms with E-state index in [0.29, 0.717) is 35.2 Å². The van der Waals surface area contributed by atoms with Crippen molar-refractivity contribution in [2.45, 2.75) is 31.5 Å². The zero-order chi connectivity index (χ0) is 22.5. The van der Waals surface area contributed by atoms with Gasteiger partial charge in [-0.2, -0.15) is 13.8 Å². The minimum absolute atomic E-state index is 0.0787. The highest BCUT2D eigenvalue weighted by Gasteiger charge is 2.44. The van der Waals surface area contributed by atoms with Crippen LogP contribution in [-0.2, 0) is 4.74 Å². The normalized spacial score (nSPS) is 25.3. The van der Waals surface area contributed by atoms with Crippen LogP contribution in [0.25, 0.3) is 11.3 Å². The third kappa shape index (κ3) is 3.93. The van der Waals surface area contributed by atoms with E-state index in [2.05, 4.69) is 24.4 Å². The Hall–Kier alpha value is -2.79. The van der Waals surface area contributed by atoms with Crippen LogP contribution in [-0.4, -0.2) is 84.5 Å². The van der Waals surface area contributed by atoms with E-state index in [1.54, 1.807) is 6.20 Å². The van der Waals surface area contributed by atoms with Crippen molar-refractivity contribution in [3.05, 3.63) is 18.3 Å². The van der Waals surface area contributed by atoms with Crippen molar-refractivity contribution < 1.29 is 18.3 Å². The van der Waals surface area contributed by atoms with E-state index in [0.717, 1.165) is 51.8 Å². The number of alkyl halides is 2. The molecular formula is C22H27F2N7O2. The minimum Gasteiger partial charge on any atom is -0.431 e. The summed E-state index contributed by atoms with van der Waals surface area (Å²) in [5.41, 5.74) is 6.93. The predicted molar refractivity (Wildman–Crippen MR) is 119 cm³/mol. The van der Waals surface area contributed by atoms with Crippen molar-refractivity contribution in [3.63, 3.8) is 0 Å². The van der Waals surface area contributed by atoms with Crippen molar-refractivity contribution >= 4 is 17.6 Å². The van der Waals surface area contributed by atoms with Gasteiger partial charge in [0.15, 0.2) is 11.6 Å². The molecule has 2 bridgehead atoms. The maximum atomic E-state index is 12.8. The topological polar surface area (TPSA) is 92.9 Å². The zero-order valence-electron chi connectivity index (χ0n) is 18.2. The van der Waals surface area contributed by atoms with Gasteiger partial charge in [-0.05, 0) is 24.8 Å². The molecule has 11 heteroatoms. The summed E-state index contributed by atoms with van der Waals surface area (Å²) in [6, 6.07) is 4.34. The van der Waals surface area contributed by atoms with Gasteiger partial charge in [0, 0.05) is 62.6 Å². The molecule has 1 aliphatic carbocycles. The van der Waals surface area contributed by atoms with Crippen LogP contribution in [0.5, 0.6) is 5.75 Å². The molecule has 2 aromatic rings. The second-order valence-electron chi connectivity index (χ2n) is 9.25. The highest BCUT2D eigenvalue weighted by Crippen LogP contribution is 2.43. The molecule has 1 saturated carbocycles. The fraction of sp³-hybridized carbons (Fsp3) is 0.591. The van der Waals surface area contributed by atoms with Crippen LogP contribution in [0, 0.1) is 5.92 Å². The Balaban J connectivity index is 1.30. The van der Waals surface area contributed by atoms with Crippen molar-refractivity contribution in [3.8, 4) is 17.0 Å². The van der Waals surface area contributed by atoms with Gasteiger partial charge in [-0.3, -0.25) is 4.90 Å². The van der Waals surface area contributed by atoms with Crippen molar-refractivity contribution in [2.24, 2.45) is 5.92 Å². The summed E-state index contributed by atoms with van der Waals surface area (Å²) in [6.45, 7) is 3.24. The first-order valence-corrected chi connectivity index (χ1v) is 11.5. The number of rotatable bonds is 6. The molecule has 0 amide bonds. The second-order valence-corrected chi connectivity index (χ2v) is 9.25. The van der Waals surface area contributed by atoms with Crippen LogP contribution < -0.4 is 20.3 Å². The van der Waals surface area contributed by atoms with Crippen LogP contribution in [0.4, 0.5) is 26.4 Å². The Morgan fingerprint density at radius 3 is 2.55 bits per heavy atom. The predicted octanol–water partition coefficient (Wildman–Crippen LogP) is 1.84. The third-order valence-electron chi connectivity index (χ3n) is 7.21. The summed E-state index contributed by atoms with van der Waals surface area (Å²) in [6.07, 6.45) is 3.91. The Morgan fingerprint density at radius 2 is 1.85 bits per heavy atom. The Bertz CT molecular complexity index is 1020. The molecule has 7 rings (SSSR count). The summed E-state index contributed by atoms with van der Waals surface area (Å²) < 4.78 is 35.6. The maximum Gasteiger partial charge on any atom is 0.387 e. The zero-order valence-corrected chi connectivity index (χ0v) is 18.2. The largest absolute Gasteiger partial charge is 0.431 e. The number of morpholine rings is 1. The smallest absolute Gasteiger partial charge is 0.387 e. The molecule has 9 nitrogen and oxygen atoms in total. The lowest BCUT2D eigenvalue weighted by Crippen LogP contribution is -2.61. The number of nitrogens with zero attached hydrogens (tertiary/aromatic N) is 6. The number of halogens is 2. The molecule has 0 aromatic carbocycles. The fourth-order valence-electron chi connectivity index (χ4n) is 5.24. The molecular weight excluding hydrogens is 432 g/mol. The van der Waals surface area contributed by atoms with E-state index in [-0.39, 0.29) is 11.6 Å². The van der Waals surface area contributed by atoms with Gasteiger partial charge in [-0.25, -0.2) is 9.97 Å². The van der Waals surface area contributed by atoms with Gasteiger partial charge in [-0.15, -0.1) is 0 Å². The SMILES string of the molecule is Nc1ncc(-c2cc(N3CC(N4CCOCC4)C3)nc(N3CC4CC3C4)n2)cc1OC(F)F. The van der Waals surface area contributed by atoms with Crippen molar-refractivity contribution in [2.75, 3.05) is 61.5 Å². The highest BCUT2D eigenvalue weighted by atomic mass is 19.3. The lowest BCUT2D eigenvalue weighted by molar-refractivity contribution is -0.0494. The quantitative estimate of drug-likeness (QED) is 0.695. The van der Waals surface area contributed by atoms with Crippen LogP contribution >= 0.6 is 0 Å². The number of fused-ring (bicyclic) bond motifs is 1. The minimum atomic E-state index is -2.98. The molecule has 5 fully saturated rings. The maximum absolute atomic E-state index is 12.8. The van der Waals surface area contributed by atoms with E-state index in [1.165, 1.54) is 18.9 Å². The number of nitrogens with two attached hydrogens (primary N) is 1. The molecule has 0 atom stereocenters. The lowest BCUT2D eigenvalue weighted by Gasteiger charge is -2.47. The van der Waals surface area contributed by atoms with Crippen LogP contribution in [0.3, 0.4) is 0 Å². The Kier molecular flexibility index (Phi) is 5.17. The summed E-state index contributed by atoms with van der Waals surface area (Å²) in [5.74, 6) is 2.02. The van der Waals surface area contributed by atoms with Gasteiger partial charge in [0.05, 0.1) is 18.9 Å². The molecule has 2 N–H and O–H groups in total. The molecule has 0 radical (unpaired) electrons. The van der Waals surface area contributed by atoms with Gasteiger partial charge in [0.2, 0.25) is 5.95 Å². The Morgan fingerprint density at radius 1 is 1.06 bits per heavy atom. The summed E-state index contributed by atoms with van der Waals surface area (Å²) in [4.78, 5) is 20.8. The van der Waals surface area contributed by atoms with Gasteiger partial charge < -0.3 is 25.0 Å². The lowest BCUT2D eigenvalue weighted by atomic mass is 9.86. The molecule has 0 spiro atoms. The van der Waals surface area contributed by atoms with Crippen LogP contribution in [0.1, 0.15) is 12.8 Å². The van der Waals surface area contributed by atoms with Gasteiger partial charge in [-0.1, -0.05) is 0 Å². The monoisotopic (exact) mass is 459 g/mol. The van der Waals surface area contributed by atoms with Gasteiger partial charge >= 0.3 is 6.61 Å². The molecule has 4 aliphatic heterocycles.